The largest absolute Gasteiger partial charge is 0.467 e. The van der Waals surface area contributed by atoms with Gasteiger partial charge in [-0.05, 0) is 23.1 Å². The smallest absolute Gasteiger partial charge is 0.264 e. The molecule has 0 fully saturated rings. The van der Waals surface area contributed by atoms with Gasteiger partial charge in [-0.15, -0.1) is 0 Å². The molecule has 0 N–H and O–H groups in total. The van der Waals surface area contributed by atoms with E-state index in [2.05, 4.69) is 58.0 Å². The first-order chi connectivity index (χ1) is 15.4. The van der Waals surface area contributed by atoms with Crippen LogP contribution in [0.4, 0.5) is 0 Å². The van der Waals surface area contributed by atoms with Gasteiger partial charge in [0, 0.05) is 36.7 Å². The average molecular weight is 431 g/mol. The number of aromatic nitrogens is 5. The molecule has 0 saturated carbocycles. The van der Waals surface area contributed by atoms with Crippen molar-refractivity contribution in [2.24, 2.45) is 0 Å². The Bertz CT molecular complexity index is 1170. The van der Waals surface area contributed by atoms with Crippen LogP contribution in [0.1, 0.15) is 37.9 Å². The van der Waals surface area contributed by atoms with Crippen LogP contribution >= 0.6 is 0 Å². The van der Waals surface area contributed by atoms with E-state index in [-0.39, 0.29) is 12.0 Å². The molecule has 0 aliphatic carbocycles. The molecule has 8 heteroatoms. The molecule has 3 aromatic heterocycles. The Balaban J connectivity index is 1.49. The number of benzene rings is 1. The number of hydrogen-bond acceptors (Lipinski definition) is 8. The molecule has 4 rings (SSSR count). The lowest BCUT2D eigenvalue weighted by atomic mass is 9.87. The van der Waals surface area contributed by atoms with E-state index in [0.717, 1.165) is 11.1 Å². The zero-order valence-electron chi connectivity index (χ0n) is 18.6. The molecule has 164 valence electrons. The number of ether oxygens (including phenoxy) is 2. The predicted molar refractivity (Wildman–Crippen MR) is 119 cm³/mol. The first-order valence-corrected chi connectivity index (χ1v) is 10.3. The summed E-state index contributed by atoms with van der Waals surface area (Å²) in [6.45, 7) is 6.96. The first kappa shape index (κ1) is 21.6. The first-order valence-electron chi connectivity index (χ1n) is 10.3. The summed E-state index contributed by atoms with van der Waals surface area (Å²) < 4.78 is 16.4. The Kier molecular flexibility index (Phi) is 6.23. The van der Waals surface area contributed by atoms with E-state index in [9.17, 15) is 0 Å². The van der Waals surface area contributed by atoms with Crippen LogP contribution in [0.15, 0.2) is 59.4 Å². The van der Waals surface area contributed by atoms with Crippen molar-refractivity contribution in [3.05, 3.63) is 72.0 Å². The molecule has 0 aliphatic rings. The van der Waals surface area contributed by atoms with Gasteiger partial charge in [0.25, 0.3) is 5.89 Å². The molecule has 0 saturated heterocycles. The summed E-state index contributed by atoms with van der Waals surface area (Å²) >= 11 is 0. The van der Waals surface area contributed by atoms with Crippen LogP contribution in [0.3, 0.4) is 0 Å². The third-order valence-corrected chi connectivity index (χ3v) is 4.81. The fourth-order valence-corrected chi connectivity index (χ4v) is 3.08. The summed E-state index contributed by atoms with van der Waals surface area (Å²) in [5.41, 5.74) is 3.76. The van der Waals surface area contributed by atoms with E-state index >= 15 is 0 Å². The fraction of sp³-hybridized carbons (Fsp3) is 0.292. The van der Waals surface area contributed by atoms with E-state index in [1.807, 2.05) is 24.3 Å². The third-order valence-electron chi connectivity index (χ3n) is 4.81. The van der Waals surface area contributed by atoms with Gasteiger partial charge in [-0.3, -0.25) is 4.98 Å². The van der Waals surface area contributed by atoms with E-state index in [1.165, 1.54) is 5.56 Å². The van der Waals surface area contributed by atoms with E-state index < -0.39 is 0 Å². The van der Waals surface area contributed by atoms with Crippen molar-refractivity contribution in [2.75, 3.05) is 7.11 Å². The molecular formula is C24H25N5O3. The van der Waals surface area contributed by atoms with Gasteiger partial charge in [0.2, 0.25) is 11.7 Å². The van der Waals surface area contributed by atoms with E-state index in [0.29, 0.717) is 35.7 Å². The minimum Gasteiger partial charge on any atom is -0.467 e. The summed E-state index contributed by atoms with van der Waals surface area (Å²) in [5, 5.41) is 4.08. The minimum atomic E-state index is 0.0864. The Morgan fingerprint density at radius 2 is 1.56 bits per heavy atom. The predicted octanol–water partition coefficient (Wildman–Crippen LogP) is 4.61. The lowest BCUT2D eigenvalue weighted by molar-refractivity contribution is 0.180. The van der Waals surface area contributed by atoms with E-state index in [1.54, 1.807) is 25.6 Å². The van der Waals surface area contributed by atoms with Crippen molar-refractivity contribution in [1.82, 2.24) is 25.1 Å². The fourth-order valence-electron chi connectivity index (χ4n) is 3.08. The second kappa shape index (κ2) is 9.23. The normalized spacial score (nSPS) is 11.5. The van der Waals surface area contributed by atoms with E-state index in [4.69, 9.17) is 14.0 Å². The second-order valence-corrected chi connectivity index (χ2v) is 8.32. The summed E-state index contributed by atoms with van der Waals surface area (Å²) in [5.74, 6) is 1.80. The summed E-state index contributed by atoms with van der Waals surface area (Å²) in [6.07, 6.45) is 3.38. The lowest BCUT2D eigenvalue weighted by Crippen LogP contribution is -2.10. The van der Waals surface area contributed by atoms with Crippen LogP contribution in [0.5, 0.6) is 5.88 Å². The SMILES string of the molecule is COCc1cc(OCc2nc(-c3ccc(C(C)(C)C)cc3)no2)nc(-c2ccncc2)n1. The Morgan fingerprint density at radius 1 is 0.844 bits per heavy atom. The molecule has 0 bridgehead atoms. The molecule has 8 nitrogen and oxygen atoms in total. The number of pyridine rings is 1. The van der Waals surface area contributed by atoms with Crippen molar-refractivity contribution >= 4 is 0 Å². The molecule has 0 unspecified atom stereocenters. The average Bonchev–Trinajstić information content (AvgIpc) is 3.27. The third kappa shape index (κ3) is 5.15. The topological polar surface area (TPSA) is 96.1 Å². The summed E-state index contributed by atoms with van der Waals surface area (Å²) in [7, 11) is 1.61. The van der Waals surface area contributed by atoms with Gasteiger partial charge in [0.1, 0.15) is 0 Å². The Hall–Kier alpha value is -3.65. The maximum absolute atomic E-state index is 5.84. The zero-order valence-corrected chi connectivity index (χ0v) is 18.6. The van der Waals surface area contributed by atoms with Gasteiger partial charge >= 0.3 is 0 Å². The van der Waals surface area contributed by atoms with Crippen LogP contribution < -0.4 is 4.74 Å². The molecule has 4 aromatic rings. The van der Waals surface area contributed by atoms with Crippen LogP contribution in [0.25, 0.3) is 22.8 Å². The van der Waals surface area contributed by atoms with Crippen LogP contribution in [-0.2, 0) is 23.4 Å². The number of hydrogen-bond donors (Lipinski definition) is 0. The van der Waals surface area contributed by atoms with Crippen molar-refractivity contribution in [3.63, 3.8) is 0 Å². The van der Waals surface area contributed by atoms with Gasteiger partial charge in [0.05, 0.1) is 12.3 Å². The Morgan fingerprint density at radius 3 is 2.25 bits per heavy atom. The minimum absolute atomic E-state index is 0.0864. The molecule has 0 radical (unpaired) electrons. The number of rotatable bonds is 7. The molecule has 3 heterocycles. The quantitative estimate of drug-likeness (QED) is 0.418. The van der Waals surface area contributed by atoms with Gasteiger partial charge in [0.15, 0.2) is 12.4 Å². The van der Waals surface area contributed by atoms with Crippen molar-refractivity contribution in [2.45, 2.75) is 39.4 Å². The maximum Gasteiger partial charge on any atom is 0.264 e. The van der Waals surface area contributed by atoms with Gasteiger partial charge in [-0.1, -0.05) is 50.2 Å². The second-order valence-electron chi connectivity index (χ2n) is 8.32. The highest BCUT2D eigenvalue weighted by atomic mass is 16.5. The highest BCUT2D eigenvalue weighted by Gasteiger charge is 2.15. The van der Waals surface area contributed by atoms with Crippen LogP contribution in [0.2, 0.25) is 0 Å². The molecule has 0 atom stereocenters. The molecule has 0 amide bonds. The standard InChI is InChI=1S/C24H25N5O3/c1-24(2,3)18-7-5-16(6-8-18)23-28-21(32-29-23)15-31-20-13-19(14-30-4)26-22(27-20)17-9-11-25-12-10-17/h5-13H,14-15H2,1-4H3. The van der Waals surface area contributed by atoms with Crippen LogP contribution in [0, 0.1) is 0 Å². The number of nitrogens with zero attached hydrogens (tertiary/aromatic N) is 5. The van der Waals surface area contributed by atoms with Crippen molar-refractivity contribution in [3.8, 4) is 28.7 Å². The van der Waals surface area contributed by atoms with Crippen molar-refractivity contribution < 1.29 is 14.0 Å². The summed E-state index contributed by atoms with van der Waals surface area (Å²) in [4.78, 5) is 17.5. The van der Waals surface area contributed by atoms with Crippen molar-refractivity contribution in [1.29, 1.82) is 0 Å². The van der Waals surface area contributed by atoms with Gasteiger partial charge in [-0.25, -0.2) is 4.98 Å². The molecule has 32 heavy (non-hydrogen) atoms. The van der Waals surface area contributed by atoms with Gasteiger partial charge in [-0.2, -0.15) is 9.97 Å². The lowest BCUT2D eigenvalue weighted by Gasteiger charge is -2.18. The maximum atomic E-state index is 5.84. The highest BCUT2D eigenvalue weighted by Crippen LogP contribution is 2.25. The Labute approximate surface area is 186 Å². The van der Waals surface area contributed by atoms with Gasteiger partial charge < -0.3 is 14.0 Å². The number of methoxy groups -OCH3 is 1. The summed E-state index contributed by atoms with van der Waals surface area (Å²) in [6, 6.07) is 13.6. The molecule has 1 aromatic carbocycles. The van der Waals surface area contributed by atoms with Crippen LogP contribution in [-0.4, -0.2) is 32.2 Å². The highest BCUT2D eigenvalue weighted by molar-refractivity contribution is 5.55. The molecular weight excluding hydrogens is 406 g/mol. The zero-order chi connectivity index (χ0) is 22.6. The molecule has 0 spiro atoms. The monoisotopic (exact) mass is 431 g/mol. The molecule has 0 aliphatic heterocycles.